The number of carbonyl (C=O) groups excluding carboxylic acids is 1. The van der Waals surface area contributed by atoms with Gasteiger partial charge in [0.15, 0.2) is 0 Å². The first kappa shape index (κ1) is 20.4. The third-order valence-electron chi connectivity index (χ3n) is 4.12. The lowest BCUT2D eigenvalue weighted by molar-refractivity contribution is 0.262. The van der Waals surface area contributed by atoms with Gasteiger partial charge in [0.05, 0.1) is 11.4 Å². The van der Waals surface area contributed by atoms with E-state index in [1.54, 1.807) is 41.3 Å². The molecule has 0 saturated heterocycles. The van der Waals surface area contributed by atoms with Crippen molar-refractivity contribution in [2.75, 3.05) is 10.6 Å². The number of pyridine rings is 1. The van der Waals surface area contributed by atoms with Crippen LogP contribution in [0.4, 0.5) is 16.3 Å². The summed E-state index contributed by atoms with van der Waals surface area (Å²) in [4.78, 5) is 16.7. The zero-order valence-electron chi connectivity index (χ0n) is 15.3. The minimum absolute atomic E-state index is 0.428. The first-order valence-corrected chi connectivity index (χ1v) is 10.3. The van der Waals surface area contributed by atoms with Crippen LogP contribution in [0.5, 0.6) is 0 Å². The predicted octanol–water partition coefficient (Wildman–Crippen LogP) is 6.65. The Morgan fingerprint density at radius 3 is 2.23 bits per heavy atom. The minimum Gasteiger partial charge on any atom is -0.308 e. The molecule has 2 heterocycles. The molecule has 0 saturated carbocycles. The van der Waals surface area contributed by atoms with Crippen molar-refractivity contribution in [3.8, 4) is 16.9 Å². The summed E-state index contributed by atoms with van der Waals surface area (Å²) < 4.78 is 2.60. The van der Waals surface area contributed by atoms with Crippen LogP contribution in [-0.2, 0) is 0 Å². The van der Waals surface area contributed by atoms with Crippen molar-refractivity contribution in [3.05, 3.63) is 87.6 Å². The molecule has 2 amide bonds. The summed E-state index contributed by atoms with van der Waals surface area (Å²) >= 11 is 15.4. The van der Waals surface area contributed by atoms with Crippen LogP contribution in [0.2, 0.25) is 10.0 Å². The number of carbonyl (C=O) groups is 1. The number of rotatable bonds is 4. The van der Waals surface area contributed by atoms with E-state index in [2.05, 4.69) is 36.6 Å². The highest BCUT2D eigenvalue weighted by atomic mass is 79.9. The third kappa shape index (κ3) is 4.81. The van der Waals surface area contributed by atoms with Crippen molar-refractivity contribution in [3.63, 3.8) is 0 Å². The number of halogens is 3. The van der Waals surface area contributed by atoms with E-state index in [4.69, 9.17) is 23.2 Å². The Hall–Kier alpha value is -2.87. The summed E-state index contributed by atoms with van der Waals surface area (Å²) in [5.74, 6) is 0.495. The quantitative estimate of drug-likeness (QED) is 0.328. The molecular weight excluding hydrogens is 489 g/mol. The molecule has 0 atom stereocenters. The van der Waals surface area contributed by atoms with Crippen LogP contribution in [0, 0.1) is 0 Å². The number of benzene rings is 2. The summed E-state index contributed by atoms with van der Waals surface area (Å²) in [5, 5.41) is 11.1. The van der Waals surface area contributed by atoms with Crippen LogP contribution in [-0.4, -0.2) is 20.8 Å². The molecule has 2 N–H and O–H groups in total. The maximum absolute atomic E-state index is 12.6. The van der Waals surface area contributed by atoms with Crippen LogP contribution >= 0.6 is 39.1 Å². The molecule has 4 rings (SSSR count). The first-order chi connectivity index (χ1) is 14.5. The molecule has 30 heavy (non-hydrogen) atoms. The third-order valence-corrected chi connectivity index (χ3v) is 5.08. The van der Waals surface area contributed by atoms with E-state index in [0.717, 1.165) is 15.7 Å². The summed E-state index contributed by atoms with van der Waals surface area (Å²) in [5.41, 5.74) is 2.85. The van der Waals surface area contributed by atoms with Gasteiger partial charge in [0.2, 0.25) is 0 Å². The van der Waals surface area contributed by atoms with E-state index in [1.165, 1.54) is 0 Å². The van der Waals surface area contributed by atoms with Gasteiger partial charge in [-0.1, -0.05) is 39.1 Å². The van der Waals surface area contributed by atoms with Gasteiger partial charge in [0.1, 0.15) is 5.82 Å². The maximum Gasteiger partial charge on any atom is 0.324 e. The number of hydrogen-bond donors (Lipinski definition) is 2. The number of nitrogens with zero attached hydrogens (tertiary/aromatic N) is 3. The molecule has 0 bridgehead atoms. The van der Waals surface area contributed by atoms with E-state index >= 15 is 0 Å². The topological polar surface area (TPSA) is 71.8 Å². The standard InChI is InChI=1S/C21H14BrCl2N5O/c22-14-1-3-18(4-2-14)29-20(12-19(28-29)13-5-7-25-8-6-13)27-21(30)26-17-10-15(23)9-16(24)11-17/h1-12H,(H2,26,27,30). The van der Waals surface area contributed by atoms with Gasteiger partial charge in [0.25, 0.3) is 0 Å². The number of anilines is 2. The minimum atomic E-state index is -0.451. The van der Waals surface area contributed by atoms with E-state index in [0.29, 0.717) is 27.2 Å². The number of nitrogens with one attached hydrogen (secondary N) is 2. The van der Waals surface area contributed by atoms with Gasteiger partial charge >= 0.3 is 6.03 Å². The van der Waals surface area contributed by atoms with Crippen molar-refractivity contribution < 1.29 is 4.79 Å². The van der Waals surface area contributed by atoms with Gasteiger partial charge < -0.3 is 5.32 Å². The lowest BCUT2D eigenvalue weighted by Gasteiger charge is -2.10. The molecule has 6 nitrogen and oxygen atoms in total. The predicted molar refractivity (Wildman–Crippen MR) is 124 cm³/mol. The average Bonchev–Trinajstić information content (AvgIpc) is 3.12. The largest absolute Gasteiger partial charge is 0.324 e. The molecule has 4 aromatic rings. The molecule has 2 aromatic heterocycles. The molecule has 0 spiro atoms. The van der Waals surface area contributed by atoms with E-state index in [1.807, 2.05) is 36.4 Å². The fourth-order valence-electron chi connectivity index (χ4n) is 2.82. The Morgan fingerprint density at radius 2 is 1.57 bits per heavy atom. The molecule has 0 aliphatic carbocycles. The second-order valence-corrected chi connectivity index (χ2v) is 8.06. The highest BCUT2D eigenvalue weighted by Crippen LogP contribution is 2.26. The van der Waals surface area contributed by atoms with Crippen molar-refractivity contribution in [1.29, 1.82) is 0 Å². The highest BCUT2D eigenvalue weighted by Gasteiger charge is 2.14. The summed E-state index contributed by atoms with van der Waals surface area (Å²) in [7, 11) is 0. The van der Waals surface area contributed by atoms with Gasteiger partial charge in [-0.05, 0) is 54.6 Å². The fraction of sp³-hybridized carbons (Fsp3) is 0. The Labute approximate surface area is 191 Å². The Kier molecular flexibility index (Phi) is 6.03. The maximum atomic E-state index is 12.6. The summed E-state index contributed by atoms with van der Waals surface area (Å²) in [6.45, 7) is 0. The molecule has 2 aromatic carbocycles. The van der Waals surface area contributed by atoms with Gasteiger partial charge in [-0.15, -0.1) is 0 Å². The van der Waals surface area contributed by atoms with Crippen LogP contribution < -0.4 is 10.6 Å². The van der Waals surface area contributed by atoms with Crippen molar-refractivity contribution in [2.45, 2.75) is 0 Å². The SMILES string of the molecule is O=C(Nc1cc(Cl)cc(Cl)c1)Nc1cc(-c2ccncc2)nn1-c1ccc(Br)cc1. The van der Waals surface area contributed by atoms with Crippen molar-refractivity contribution >= 4 is 56.7 Å². The molecule has 0 aliphatic heterocycles. The van der Waals surface area contributed by atoms with Gasteiger partial charge in [-0.25, -0.2) is 9.48 Å². The molecule has 0 radical (unpaired) electrons. The van der Waals surface area contributed by atoms with Gasteiger partial charge in [-0.2, -0.15) is 5.10 Å². The zero-order chi connectivity index (χ0) is 21.1. The molecule has 0 aliphatic rings. The van der Waals surface area contributed by atoms with E-state index in [-0.39, 0.29) is 0 Å². The fourth-order valence-corrected chi connectivity index (χ4v) is 3.61. The monoisotopic (exact) mass is 501 g/mol. The van der Waals surface area contributed by atoms with Crippen LogP contribution in [0.15, 0.2) is 77.5 Å². The number of urea groups is 1. The second-order valence-electron chi connectivity index (χ2n) is 6.28. The number of aromatic nitrogens is 3. The van der Waals surface area contributed by atoms with Crippen LogP contribution in [0.1, 0.15) is 0 Å². The van der Waals surface area contributed by atoms with Crippen LogP contribution in [0.25, 0.3) is 16.9 Å². The number of hydrogen-bond acceptors (Lipinski definition) is 3. The van der Waals surface area contributed by atoms with Crippen molar-refractivity contribution in [2.24, 2.45) is 0 Å². The second kappa shape index (κ2) is 8.87. The molecule has 150 valence electrons. The van der Waals surface area contributed by atoms with E-state index < -0.39 is 6.03 Å². The molecule has 0 unspecified atom stereocenters. The van der Waals surface area contributed by atoms with Gasteiger partial charge in [0, 0.05) is 44.2 Å². The average molecular weight is 503 g/mol. The summed E-state index contributed by atoms with van der Waals surface area (Å²) in [6, 6.07) is 17.5. The Morgan fingerprint density at radius 1 is 0.900 bits per heavy atom. The molecular formula is C21H14BrCl2N5O. The van der Waals surface area contributed by atoms with Crippen LogP contribution in [0.3, 0.4) is 0 Å². The Balaban J connectivity index is 1.66. The lowest BCUT2D eigenvalue weighted by atomic mass is 10.2. The van der Waals surface area contributed by atoms with Crippen molar-refractivity contribution in [1.82, 2.24) is 14.8 Å². The molecule has 0 fully saturated rings. The zero-order valence-corrected chi connectivity index (χ0v) is 18.4. The Bertz CT molecular complexity index is 1180. The smallest absolute Gasteiger partial charge is 0.308 e. The highest BCUT2D eigenvalue weighted by molar-refractivity contribution is 9.10. The van der Waals surface area contributed by atoms with E-state index in [9.17, 15) is 4.79 Å². The summed E-state index contributed by atoms with van der Waals surface area (Å²) in [6.07, 6.45) is 3.38. The number of amides is 2. The normalized spacial score (nSPS) is 10.6. The first-order valence-electron chi connectivity index (χ1n) is 8.78. The van der Waals surface area contributed by atoms with Gasteiger partial charge in [-0.3, -0.25) is 10.3 Å². The lowest BCUT2D eigenvalue weighted by Crippen LogP contribution is -2.21. The molecule has 9 heteroatoms.